The van der Waals surface area contributed by atoms with Crippen molar-refractivity contribution in [3.8, 4) is 0 Å². The Morgan fingerprint density at radius 1 is 1.52 bits per heavy atom. The number of carboxylic acid groups (broad SMARTS) is 1. The molecule has 0 radical (unpaired) electrons. The summed E-state index contributed by atoms with van der Waals surface area (Å²) in [4.78, 5) is 26.2. The highest BCUT2D eigenvalue weighted by Gasteiger charge is 2.60. The van der Waals surface area contributed by atoms with E-state index in [9.17, 15) is 24.2 Å². The number of rotatable bonds is 8. The van der Waals surface area contributed by atoms with Crippen molar-refractivity contribution in [2.24, 2.45) is 11.8 Å². The molecule has 0 aromatic rings. The highest BCUT2D eigenvalue weighted by molar-refractivity contribution is 8.03. The number of nitrogens with one attached hydrogen (secondary N) is 2. The third kappa shape index (κ3) is 3.74. The number of β-lactam (4-membered cyclic amide) rings is 1. The predicted octanol–water partition coefficient (Wildman–Crippen LogP) is 0.551. The van der Waals surface area contributed by atoms with E-state index in [1.807, 2.05) is 6.92 Å². The van der Waals surface area contributed by atoms with Crippen LogP contribution in [0.3, 0.4) is 0 Å². The van der Waals surface area contributed by atoms with E-state index in [-0.39, 0.29) is 34.9 Å². The first-order valence-electron chi connectivity index (χ1n) is 9.43. The molecule has 7 nitrogen and oxygen atoms in total. The minimum absolute atomic E-state index is 0.0569. The fraction of sp³-hybridized carbons (Fsp3) is 0.778. The van der Waals surface area contributed by atoms with Crippen molar-refractivity contribution in [2.75, 3.05) is 20.1 Å². The summed E-state index contributed by atoms with van der Waals surface area (Å²) >= 11 is 1.49. The molecule has 0 aliphatic carbocycles. The molecule has 0 spiro atoms. The molecule has 3 rings (SSSR count). The Morgan fingerprint density at radius 2 is 2.22 bits per heavy atom. The van der Waals surface area contributed by atoms with Crippen molar-refractivity contribution in [3.05, 3.63) is 10.6 Å². The van der Waals surface area contributed by atoms with Gasteiger partial charge in [-0.15, -0.1) is 11.8 Å². The number of hydrogen-bond acceptors (Lipinski definition) is 6. The number of aliphatic hydroxyl groups is 1. The minimum atomic E-state index is -1.11. The van der Waals surface area contributed by atoms with Crippen molar-refractivity contribution in [1.29, 1.82) is 0 Å². The molecular formula is C18H28FN3O4S. The number of fused-ring (bicyclic) bond motifs is 1. The number of halogens is 1. The summed E-state index contributed by atoms with van der Waals surface area (Å²) in [5.41, 5.74) is 0.0569. The van der Waals surface area contributed by atoms with Gasteiger partial charge >= 0.3 is 5.97 Å². The van der Waals surface area contributed by atoms with E-state index in [1.54, 1.807) is 14.0 Å². The van der Waals surface area contributed by atoms with Crippen molar-refractivity contribution >= 4 is 23.6 Å². The van der Waals surface area contributed by atoms with E-state index in [1.165, 1.54) is 16.7 Å². The largest absolute Gasteiger partial charge is 0.477 e. The van der Waals surface area contributed by atoms with E-state index in [0.717, 1.165) is 6.42 Å². The van der Waals surface area contributed by atoms with Crippen molar-refractivity contribution < 1.29 is 24.2 Å². The summed E-state index contributed by atoms with van der Waals surface area (Å²) in [6.45, 7) is 4.49. The molecule has 0 aromatic heterocycles. The number of carboxylic acids is 1. The summed E-state index contributed by atoms with van der Waals surface area (Å²) in [5.74, 6) is -2.10. The standard InChI is InChI=1S/C18H28FN3O4S/c1-8-14-13(9(2)23)17(24)22(14)15(18(25)26)16(8)27-12-5-11(21-7-12)4-10(19)6-20-3/h8-14,20-21,23H,4-7H2,1-3H3,(H,25,26)/t8-,9-,10?,11-,12+,13-,14-/m1/s1. The lowest BCUT2D eigenvalue weighted by atomic mass is 9.79. The monoisotopic (exact) mass is 401 g/mol. The summed E-state index contributed by atoms with van der Waals surface area (Å²) in [6, 6.07) is -0.220. The number of alkyl halides is 1. The Kier molecular flexibility index (Phi) is 6.14. The molecule has 7 atom stereocenters. The number of amides is 1. The molecule has 4 N–H and O–H groups in total. The summed E-state index contributed by atoms with van der Waals surface area (Å²) in [5, 5.41) is 25.9. The zero-order valence-corrected chi connectivity index (χ0v) is 16.6. The number of aliphatic carboxylic acids is 1. The SMILES string of the molecule is CNCC(F)C[C@@H]1C[C@H](SC2=C(C(=O)O)N3C(=O)[C@H]([C@@H](C)O)[C@H]3[C@H]2C)CN1. The normalized spacial score (nSPS) is 35.2. The highest BCUT2D eigenvalue weighted by Crippen LogP contribution is 2.51. The van der Waals surface area contributed by atoms with Gasteiger partial charge in [0.1, 0.15) is 11.9 Å². The molecule has 2 saturated heterocycles. The zero-order valence-electron chi connectivity index (χ0n) is 15.8. The van der Waals surface area contributed by atoms with E-state index < -0.39 is 24.2 Å². The molecule has 3 aliphatic heterocycles. The van der Waals surface area contributed by atoms with Crippen molar-refractivity contribution in [2.45, 2.75) is 56.3 Å². The minimum Gasteiger partial charge on any atom is -0.477 e. The molecule has 0 bridgehead atoms. The van der Waals surface area contributed by atoms with Crippen LogP contribution >= 0.6 is 11.8 Å². The van der Waals surface area contributed by atoms with Crippen molar-refractivity contribution in [1.82, 2.24) is 15.5 Å². The van der Waals surface area contributed by atoms with Crippen LogP contribution in [0.5, 0.6) is 0 Å². The van der Waals surface area contributed by atoms with Crippen LogP contribution in [0.25, 0.3) is 0 Å². The molecule has 1 amide bonds. The van der Waals surface area contributed by atoms with E-state index in [0.29, 0.717) is 24.4 Å². The maximum absolute atomic E-state index is 13.8. The first kappa shape index (κ1) is 20.6. The Bertz CT molecular complexity index is 644. The molecule has 3 heterocycles. The van der Waals surface area contributed by atoms with Gasteiger partial charge in [-0.3, -0.25) is 4.79 Å². The van der Waals surface area contributed by atoms with Crippen LogP contribution in [-0.2, 0) is 9.59 Å². The predicted molar refractivity (Wildman–Crippen MR) is 101 cm³/mol. The average Bonchev–Trinajstić information content (AvgIpc) is 3.10. The molecular weight excluding hydrogens is 373 g/mol. The third-order valence-electron chi connectivity index (χ3n) is 5.75. The second kappa shape index (κ2) is 8.06. The first-order valence-corrected chi connectivity index (χ1v) is 10.3. The number of aliphatic hydroxyl groups excluding tert-OH is 1. The van der Waals surface area contributed by atoms with E-state index in [2.05, 4.69) is 10.6 Å². The first-order chi connectivity index (χ1) is 12.8. The Hall–Kier alpha value is -1.16. The van der Waals surface area contributed by atoms with Crippen LogP contribution in [0.1, 0.15) is 26.7 Å². The second-order valence-corrected chi connectivity index (χ2v) is 9.09. The lowest BCUT2D eigenvalue weighted by Gasteiger charge is -2.46. The maximum atomic E-state index is 13.8. The van der Waals surface area contributed by atoms with Crippen LogP contribution in [-0.4, -0.2) is 76.7 Å². The van der Waals surface area contributed by atoms with Crippen LogP contribution in [0.4, 0.5) is 4.39 Å². The van der Waals surface area contributed by atoms with Crippen LogP contribution < -0.4 is 10.6 Å². The van der Waals surface area contributed by atoms with Gasteiger partial charge in [-0.2, -0.15) is 0 Å². The Labute approximate surface area is 162 Å². The van der Waals surface area contributed by atoms with Gasteiger partial charge in [0.05, 0.1) is 18.1 Å². The number of thioether (sulfide) groups is 1. The smallest absolute Gasteiger partial charge is 0.353 e. The van der Waals surface area contributed by atoms with Crippen LogP contribution in [0, 0.1) is 11.8 Å². The molecule has 3 aliphatic rings. The van der Waals surface area contributed by atoms with Gasteiger partial charge in [0.15, 0.2) is 0 Å². The number of carbonyl (C=O) groups excluding carboxylic acids is 1. The zero-order chi connectivity index (χ0) is 19.9. The van der Waals surface area contributed by atoms with Gasteiger partial charge in [0.2, 0.25) is 5.91 Å². The lowest BCUT2D eigenvalue weighted by Crippen LogP contribution is -2.63. The van der Waals surface area contributed by atoms with E-state index >= 15 is 0 Å². The number of nitrogens with zero attached hydrogens (tertiary/aromatic N) is 1. The summed E-state index contributed by atoms with van der Waals surface area (Å²) in [7, 11) is 1.72. The third-order valence-corrected chi connectivity index (χ3v) is 7.26. The van der Waals surface area contributed by atoms with Gasteiger partial charge in [-0.1, -0.05) is 6.92 Å². The van der Waals surface area contributed by atoms with Gasteiger partial charge in [0, 0.05) is 35.2 Å². The molecule has 152 valence electrons. The summed E-state index contributed by atoms with van der Waals surface area (Å²) < 4.78 is 13.8. The topological polar surface area (TPSA) is 102 Å². The lowest BCUT2D eigenvalue weighted by molar-refractivity contribution is -0.163. The van der Waals surface area contributed by atoms with Gasteiger partial charge in [-0.25, -0.2) is 9.18 Å². The van der Waals surface area contributed by atoms with E-state index in [4.69, 9.17) is 0 Å². The number of hydrogen-bond donors (Lipinski definition) is 4. The van der Waals surface area contributed by atoms with Crippen LogP contribution in [0.2, 0.25) is 0 Å². The highest BCUT2D eigenvalue weighted by atomic mass is 32.2. The summed E-state index contributed by atoms with van der Waals surface area (Å²) in [6.07, 6.45) is -0.528. The molecule has 27 heavy (non-hydrogen) atoms. The number of carbonyl (C=O) groups is 2. The fourth-order valence-electron chi connectivity index (χ4n) is 4.52. The van der Waals surface area contributed by atoms with Gasteiger partial charge in [-0.05, 0) is 26.8 Å². The maximum Gasteiger partial charge on any atom is 0.353 e. The molecule has 9 heteroatoms. The molecule has 0 aromatic carbocycles. The molecule has 1 unspecified atom stereocenters. The van der Waals surface area contributed by atoms with Gasteiger partial charge < -0.3 is 25.7 Å². The van der Waals surface area contributed by atoms with Gasteiger partial charge in [0.25, 0.3) is 0 Å². The van der Waals surface area contributed by atoms with Crippen LogP contribution in [0.15, 0.2) is 10.6 Å². The van der Waals surface area contributed by atoms with Crippen molar-refractivity contribution in [3.63, 3.8) is 0 Å². The Morgan fingerprint density at radius 3 is 2.81 bits per heavy atom. The average molecular weight is 402 g/mol. The second-order valence-electron chi connectivity index (χ2n) is 7.74. The molecule has 2 fully saturated rings. The quantitative estimate of drug-likeness (QED) is 0.441. The molecule has 0 saturated carbocycles. The Balaban J connectivity index is 1.69. The fourth-order valence-corrected chi connectivity index (χ4v) is 6.04.